The lowest BCUT2D eigenvalue weighted by atomic mass is 10.2. The van der Waals surface area contributed by atoms with Crippen LogP contribution in [0.4, 0.5) is 0 Å². The van der Waals surface area contributed by atoms with Gasteiger partial charge in [-0.1, -0.05) is 80.1 Å². The Labute approximate surface area is 221 Å². The summed E-state index contributed by atoms with van der Waals surface area (Å²) in [5, 5.41) is 0. The molecule has 0 spiro atoms. The third kappa shape index (κ3) is 11.4. The lowest BCUT2D eigenvalue weighted by molar-refractivity contribution is 0.191. The maximum absolute atomic E-state index is 6.38. The molecule has 0 aromatic heterocycles. The van der Waals surface area contributed by atoms with Crippen LogP contribution in [0.5, 0.6) is 34.5 Å². The van der Waals surface area contributed by atoms with E-state index in [1.54, 1.807) is 0 Å². The van der Waals surface area contributed by atoms with Gasteiger partial charge < -0.3 is 28.4 Å². The first kappa shape index (κ1) is 32.0. The predicted octanol–water partition coefficient (Wildman–Crippen LogP) is 8.76. The lowest BCUT2D eigenvalue weighted by Gasteiger charge is -2.26. The highest BCUT2D eigenvalue weighted by Crippen LogP contribution is 2.58. The molecule has 0 heterocycles. The first-order valence-electron chi connectivity index (χ1n) is 14.7. The molecule has 0 N–H and O–H groups in total. The maximum atomic E-state index is 6.38. The van der Waals surface area contributed by atoms with Gasteiger partial charge in [0.25, 0.3) is 0 Å². The Morgan fingerprint density at radius 2 is 0.417 bits per heavy atom. The second-order valence-corrected chi connectivity index (χ2v) is 9.19. The van der Waals surface area contributed by atoms with Gasteiger partial charge in [0.1, 0.15) is 0 Å². The lowest BCUT2D eigenvalue weighted by Crippen LogP contribution is -2.13. The second-order valence-electron chi connectivity index (χ2n) is 9.19. The molecule has 1 aromatic rings. The number of ether oxygens (including phenoxy) is 6. The Morgan fingerprint density at radius 3 is 0.528 bits per heavy atom. The van der Waals surface area contributed by atoms with Gasteiger partial charge in [-0.05, 0) is 38.5 Å². The van der Waals surface area contributed by atoms with Crippen LogP contribution in [0.15, 0.2) is 0 Å². The van der Waals surface area contributed by atoms with E-state index in [-0.39, 0.29) is 0 Å². The van der Waals surface area contributed by atoms with E-state index >= 15 is 0 Å². The summed E-state index contributed by atoms with van der Waals surface area (Å²) >= 11 is 0. The van der Waals surface area contributed by atoms with Gasteiger partial charge in [0.15, 0.2) is 0 Å². The van der Waals surface area contributed by atoms with E-state index in [4.69, 9.17) is 28.4 Å². The molecule has 0 aliphatic rings. The molecule has 0 atom stereocenters. The topological polar surface area (TPSA) is 55.4 Å². The van der Waals surface area contributed by atoms with E-state index in [9.17, 15) is 0 Å². The molecule has 0 unspecified atom stereocenters. The number of hydrogen-bond acceptors (Lipinski definition) is 6. The highest BCUT2D eigenvalue weighted by atomic mass is 16.6. The van der Waals surface area contributed by atoms with E-state index in [0.29, 0.717) is 74.1 Å². The predicted molar refractivity (Wildman–Crippen MR) is 149 cm³/mol. The molecule has 36 heavy (non-hydrogen) atoms. The minimum atomic E-state index is 0.573. The number of unbranched alkanes of at least 4 members (excludes halogenated alkanes) is 6. The zero-order valence-corrected chi connectivity index (χ0v) is 24.2. The highest BCUT2D eigenvalue weighted by Gasteiger charge is 2.32. The Morgan fingerprint density at radius 1 is 0.278 bits per heavy atom. The van der Waals surface area contributed by atoms with Crippen molar-refractivity contribution in [3.05, 3.63) is 0 Å². The molecule has 1 aromatic carbocycles. The van der Waals surface area contributed by atoms with E-state index in [0.717, 1.165) is 77.0 Å². The first-order valence-corrected chi connectivity index (χ1v) is 14.7. The monoisotopic (exact) mass is 510 g/mol. The fourth-order valence-electron chi connectivity index (χ4n) is 3.32. The summed E-state index contributed by atoms with van der Waals surface area (Å²) in [5.41, 5.74) is 0. The van der Waals surface area contributed by atoms with Crippen molar-refractivity contribution in [2.45, 2.75) is 119 Å². The van der Waals surface area contributed by atoms with Crippen molar-refractivity contribution in [1.82, 2.24) is 0 Å². The van der Waals surface area contributed by atoms with E-state index < -0.39 is 0 Å². The molecule has 0 saturated heterocycles. The second kappa shape index (κ2) is 21.1. The normalized spacial score (nSPS) is 10.8. The average molecular weight is 511 g/mol. The van der Waals surface area contributed by atoms with Crippen LogP contribution in [-0.4, -0.2) is 39.6 Å². The molecule has 210 valence electrons. The summed E-state index contributed by atoms with van der Waals surface area (Å²) in [6.45, 7) is 16.4. The summed E-state index contributed by atoms with van der Waals surface area (Å²) in [6, 6.07) is 0. The molecule has 0 aliphatic heterocycles. The van der Waals surface area contributed by atoms with Crippen LogP contribution < -0.4 is 28.4 Å². The molecule has 6 heteroatoms. The summed E-state index contributed by atoms with van der Waals surface area (Å²) < 4.78 is 38.3. The fraction of sp³-hybridized carbons (Fsp3) is 0.800. The molecule has 0 saturated carbocycles. The smallest absolute Gasteiger partial charge is 0.211 e. The molecule has 6 nitrogen and oxygen atoms in total. The third-order valence-electron chi connectivity index (χ3n) is 5.70. The zero-order chi connectivity index (χ0) is 26.4. The van der Waals surface area contributed by atoms with Crippen molar-refractivity contribution in [1.29, 1.82) is 0 Å². The SMILES string of the molecule is CCCCOc1c(OCCCC)c(OCCCC)c(OCCCC)c(OCCCC)c1OCCCC. The maximum Gasteiger partial charge on any atom is 0.211 e. The van der Waals surface area contributed by atoms with Crippen molar-refractivity contribution in [2.75, 3.05) is 39.6 Å². The van der Waals surface area contributed by atoms with E-state index in [1.807, 2.05) is 0 Å². The largest absolute Gasteiger partial charge is 0.486 e. The number of hydrogen-bond donors (Lipinski definition) is 0. The van der Waals surface area contributed by atoms with Crippen LogP contribution in [-0.2, 0) is 0 Å². The molecule has 0 radical (unpaired) electrons. The first-order chi connectivity index (χ1) is 17.7. The fourth-order valence-corrected chi connectivity index (χ4v) is 3.32. The number of benzene rings is 1. The summed E-state index contributed by atoms with van der Waals surface area (Å²) in [6.07, 6.45) is 11.9. The number of rotatable bonds is 24. The molecular weight excluding hydrogens is 456 g/mol. The van der Waals surface area contributed by atoms with Crippen molar-refractivity contribution in [2.24, 2.45) is 0 Å². The van der Waals surface area contributed by atoms with Crippen molar-refractivity contribution >= 4 is 0 Å². The van der Waals surface area contributed by atoms with Crippen LogP contribution in [0.25, 0.3) is 0 Å². The Hall–Kier alpha value is -1.98. The summed E-state index contributed by atoms with van der Waals surface area (Å²) in [4.78, 5) is 0. The minimum Gasteiger partial charge on any atom is -0.486 e. The van der Waals surface area contributed by atoms with Gasteiger partial charge >= 0.3 is 0 Å². The van der Waals surface area contributed by atoms with Crippen molar-refractivity contribution in [3.63, 3.8) is 0 Å². The summed E-state index contributed by atoms with van der Waals surface area (Å²) in [5.74, 6) is 3.48. The van der Waals surface area contributed by atoms with Gasteiger partial charge in [0.05, 0.1) is 39.6 Å². The van der Waals surface area contributed by atoms with Crippen LogP contribution in [0.2, 0.25) is 0 Å². The quantitative estimate of drug-likeness (QED) is 0.130. The Bertz CT molecular complexity index is 509. The van der Waals surface area contributed by atoms with Crippen LogP contribution in [0.3, 0.4) is 0 Å². The molecule has 0 bridgehead atoms. The standard InChI is InChI=1S/C30H54O6/c1-7-13-19-31-25-26(32-20-14-8-2)28(34-22-16-10-4)30(36-24-18-12-6)29(35-23-17-11-5)27(25)33-21-15-9-3/h7-24H2,1-6H3. The van der Waals surface area contributed by atoms with E-state index in [2.05, 4.69) is 41.5 Å². The molecule has 0 aliphatic carbocycles. The third-order valence-corrected chi connectivity index (χ3v) is 5.70. The van der Waals surface area contributed by atoms with E-state index in [1.165, 1.54) is 0 Å². The minimum absolute atomic E-state index is 0.573. The van der Waals surface area contributed by atoms with Crippen LogP contribution in [0, 0.1) is 0 Å². The molecule has 0 amide bonds. The zero-order valence-electron chi connectivity index (χ0n) is 24.2. The van der Waals surface area contributed by atoms with Gasteiger partial charge in [-0.15, -0.1) is 0 Å². The van der Waals surface area contributed by atoms with Crippen LogP contribution >= 0.6 is 0 Å². The summed E-state index contributed by atoms with van der Waals surface area (Å²) in [7, 11) is 0. The van der Waals surface area contributed by atoms with Crippen molar-refractivity contribution in [3.8, 4) is 34.5 Å². The highest BCUT2D eigenvalue weighted by molar-refractivity contribution is 5.73. The van der Waals surface area contributed by atoms with Gasteiger partial charge in [0.2, 0.25) is 34.5 Å². The van der Waals surface area contributed by atoms with Crippen LogP contribution in [0.1, 0.15) is 119 Å². The molecular formula is C30H54O6. The van der Waals surface area contributed by atoms with Gasteiger partial charge in [-0.3, -0.25) is 0 Å². The van der Waals surface area contributed by atoms with Gasteiger partial charge in [-0.25, -0.2) is 0 Å². The average Bonchev–Trinajstić information content (AvgIpc) is 2.88. The Balaban J connectivity index is 3.74. The molecule has 0 fully saturated rings. The molecule has 1 rings (SSSR count). The van der Waals surface area contributed by atoms with Gasteiger partial charge in [0, 0.05) is 0 Å². The van der Waals surface area contributed by atoms with Crippen molar-refractivity contribution < 1.29 is 28.4 Å². The van der Waals surface area contributed by atoms with Gasteiger partial charge in [-0.2, -0.15) is 0 Å². The Kier molecular flexibility index (Phi) is 18.8.